The molecule has 3 fully saturated rings. The Bertz CT molecular complexity index is 1530. The summed E-state index contributed by atoms with van der Waals surface area (Å²) in [7, 11) is -4.74. The standard InChI is InChI=1S/C19H25N5O12P2S/c1-9-6-24(19(27)22-17(9)25)16-4-10-12(33-16)7-32-37(28,29)35-11-5-15(23-3-2-14(20)21-18(23)26)34-13(11)8-39-38(30,31)36-10/h2-3,6,10-13,15-16H,4-5,7-8H2,1H3,(H,28,29)(H,30,31)(H2,20,21,26)(H,22,25,27)/t10-,11-,12+,13+,15+,16+/m0/s1. The Balaban J connectivity index is 1.37. The summed E-state index contributed by atoms with van der Waals surface area (Å²) in [4.78, 5) is 63.1. The normalized spacial score (nSPS) is 37.4. The third kappa shape index (κ3) is 6.30. The van der Waals surface area contributed by atoms with Crippen LogP contribution in [0.25, 0.3) is 0 Å². The van der Waals surface area contributed by atoms with Crippen LogP contribution in [-0.4, -0.2) is 65.7 Å². The van der Waals surface area contributed by atoms with Crippen LogP contribution in [-0.2, 0) is 32.2 Å². The average molecular weight is 609 g/mol. The van der Waals surface area contributed by atoms with E-state index in [1.807, 2.05) is 0 Å². The highest BCUT2D eigenvalue weighted by Crippen LogP contribution is 2.60. The van der Waals surface area contributed by atoms with E-state index >= 15 is 0 Å². The number of ether oxygens (including phenoxy) is 2. The Kier molecular flexibility index (Phi) is 7.80. The van der Waals surface area contributed by atoms with Crippen molar-refractivity contribution in [1.29, 1.82) is 0 Å². The molecule has 2 aromatic heterocycles. The number of nitrogen functional groups attached to an aromatic ring is 1. The smallest absolute Gasteiger partial charge is 0.383 e. The van der Waals surface area contributed by atoms with E-state index in [1.54, 1.807) is 0 Å². The van der Waals surface area contributed by atoms with Gasteiger partial charge in [-0.15, -0.1) is 0 Å². The maximum Gasteiger partial charge on any atom is 0.472 e. The van der Waals surface area contributed by atoms with Crippen molar-refractivity contribution in [2.45, 2.75) is 56.6 Å². The second-order valence-electron chi connectivity index (χ2n) is 9.07. The quantitative estimate of drug-likeness (QED) is 0.328. The molecule has 2 unspecified atom stereocenters. The molecule has 5 N–H and O–H groups in total. The van der Waals surface area contributed by atoms with E-state index in [9.17, 15) is 33.3 Å². The van der Waals surface area contributed by atoms with Crippen molar-refractivity contribution in [3.63, 3.8) is 0 Å². The van der Waals surface area contributed by atoms with Gasteiger partial charge in [-0.05, 0) is 24.4 Å². The minimum absolute atomic E-state index is 0.00487. The molecule has 0 bridgehead atoms. The van der Waals surface area contributed by atoms with E-state index in [-0.39, 0.29) is 30.0 Å². The first-order chi connectivity index (χ1) is 18.3. The van der Waals surface area contributed by atoms with Crippen LogP contribution in [0.4, 0.5) is 5.82 Å². The van der Waals surface area contributed by atoms with Gasteiger partial charge in [-0.1, -0.05) is 0 Å². The molecule has 20 heteroatoms. The number of anilines is 1. The van der Waals surface area contributed by atoms with Gasteiger partial charge in [0.05, 0.1) is 12.7 Å². The molecule has 3 aliphatic rings. The van der Waals surface area contributed by atoms with Gasteiger partial charge in [0.2, 0.25) is 0 Å². The monoisotopic (exact) mass is 609 g/mol. The number of aryl methyl sites for hydroxylation is 1. The number of hydrogen-bond donors (Lipinski definition) is 4. The largest absolute Gasteiger partial charge is 0.472 e. The van der Waals surface area contributed by atoms with Crippen LogP contribution in [0.3, 0.4) is 0 Å². The molecule has 0 radical (unpaired) electrons. The van der Waals surface area contributed by atoms with E-state index < -0.39 is 75.0 Å². The fourth-order valence-corrected chi connectivity index (χ4v) is 8.18. The highest BCUT2D eigenvalue weighted by atomic mass is 32.7. The molecule has 17 nitrogen and oxygen atoms in total. The molecular weight excluding hydrogens is 584 g/mol. The highest BCUT2D eigenvalue weighted by Gasteiger charge is 2.47. The lowest BCUT2D eigenvalue weighted by Gasteiger charge is -2.26. The summed E-state index contributed by atoms with van der Waals surface area (Å²) < 4.78 is 55.6. The van der Waals surface area contributed by atoms with Gasteiger partial charge >= 0.3 is 26.0 Å². The van der Waals surface area contributed by atoms with E-state index in [4.69, 9.17) is 28.8 Å². The highest BCUT2D eigenvalue weighted by molar-refractivity contribution is 8.54. The van der Waals surface area contributed by atoms with Crippen LogP contribution in [0.1, 0.15) is 30.9 Å². The number of phosphoric ester groups is 1. The third-order valence-electron chi connectivity index (χ3n) is 6.32. The lowest BCUT2D eigenvalue weighted by molar-refractivity contribution is -0.0476. The maximum absolute atomic E-state index is 13.0. The Labute approximate surface area is 223 Å². The topological polar surface area (TPSA) is 237 Å². The molecule has 0 spiro atoms. The number of rotatable bonds is 2. The van der Waals surface area contributed by atoms with Crippen LogP contribution in [0.15, 0.2) is 32.8 Å². The van der Waals surface area contributed by atoms with E-state index in [1.165, 1.54) is 25.4 Å². The molecule has 3 saturated heterocycles. The Morgan fingerprint density at radius 3 is 2.44 bits per heavy atom. The number of nitrogens with zero attached hydrogens (tertiary/aromatic N) is 3. The first kappa shape index (κ1) is 28.4. The number of aromatic amines is 1. The Hall–Kier alpha value is -2.11. The molecule has 0 aromatic carbocycles. The van der Waals surface area contributed by atoms with Gasteiger partial charge in [0, 0.05) is 36.6 Å². The second-order valence-corrected chi connectivity index (χ2v) is 14.4. The zero-order valence-electron chi connectivity index (χ0n) is 20.2. The molecule has 0 amide bonds. The van der Waals surface area contributed by atoms with Crippen molar-refractivity contribution in [3.05, 3.63) is 55.3 Å². The summed E-state index contributed by atoms with van der Waals surface area (Å²) in [6, 6.07) is 1.37. The molecule has 3 aliphatic heterocycles. The minimum atomic E-state index is -4.74. The van der Waals surface area contributed by atoms with Crippen molar-refractivity contribution >= 4 is 31.8 Å². The first-order valence-electron chi connectivity index (χ1n) is 11.6. The van der Waals surface area contributed by atoms with Gasteiger partial charge in [0.25, 0.3) is 5.56 Å². The number of hydrogen-bond acceptors (Lipinski definition) is 13. The van der Waals surface area contributed by atoms with Crippen LogP contribution in [0.5, 0.6) is 0 Å². The molecule has 214 valence electrons. The average Bonchev–Trinajstić information content (AvgIpc) is 3.41. The molecule has 8 atom stereocenters. The van der Waals surface area contributed by atoms with E-state index in [2.05, 4.69) is 9.97 Å². The summed E-state index contributed by atoms with van der Waals surface area (Å²) in [6.45, 7) is -3.49. The van der Waals surface area contributed by atoms with Gasteiger partial charge in [-0.2, -0.15) is 4.98 Å². The molecule has 0 aliphatic carbocycles. The van der Waals surface area contributed by atoms with Gasteiger partial charge in [0.1, 0.15) is 36.6 Å². The molecule has 5 rings (SSSR count). The lowest BCUT2D eigenvalue weighted by Crippen LogP contribution is -2.33. The fourth-order valence-electron chi connectivity index (χ4n) is 4.45. The Morgan fingerprint density at radius 1 is 1.05 bits per heavy atom. The van der Waals surface area contributed by atoms with Gasteiger partial charge in [-0.3, -0.25) is 32.5 Å². The number of nitrogens with two attached hydrogens (primary N) is 1. The van der Waals surface area contributed by atoms with Crippen molar-refractivity contribution in [2.24, 2.45) is 0 Å². The number of phosphoric acid groups is 1. The van der Waals surface area contributed by atoms with Crippen LogP contribution >= 0.6 is 26.0 Å². The maximum atomic E-state index is 13.0. The number of fused-ring (bicyclic) bond motifs is 2. The molecule has 5 heterocycles. The van der Waals surface area contributed by atoms with Crippen molar-refractivity contribution in [3.8, 4) is 0 Å². The summed E-state index contributed by atoms with van der Waals surface area (Å²) in [5, 5.41) is 0. The van der Waals surface area contributed by atoms with Gasteiger partial charge in [0.15, 0.2) is 0 Å². The molecular formula is C19H25N5O12P2S. The third-order valence-corrected chi connectivity index (χ3v) is 10.4. The number of H-pyrrole nitrogens is 1. The van der Waals surface area contributed by atoms with E-state index in [0.29, 0.717) is 11.4 Å². The summed E-state index contributed by atoms with van der Waals surface area (Å²) >= 11 is 0.504. The Morgan fingerprint density at radius 2 is 1.72 bits per heavy atom. The zero-order valence-corrected chi connectivity index (χ0v) is 22.8. The van der Waals surface area contributed by atoms with Crippen LogP contribution in [0.2, 0.25) is 0 Å². The van der Waals surface area contributed by atoms with Gasteiger partial charge in [-0.25, -0.2) is 18.7 Å². The van der Waals surface area contributed by atoms with Crippen molar-refractivity contribution in [1.82, 2.24) is 19.1 Å². The van der Waals surface area contributed by atoms with Crippen molar-refractivity contribution in [2.75, 3.05) is 18.1 Å². The summed E-state index contributed by atoms with van der Waals surface area (Å²) in [6.07, 6.45) is -3.99. The first-order valence-corrected chi connectivity index (χ1v) is 16.3. The predicted octanol–water partition coefficient (Wildman–Crippen LogP) is -0.00628. The number of nitrogens with one attached hydrogen (secondary N) is 1. The SMILES string of the molecule is Cc1cn([C@H]2C[C@@H]3OP(=O)(O)SC[C@H]4O[C@@H](n5ccc(N)nc5=O)C[C@@H]4OP(=O)(O)OC[C@H]3O2)c(=O)[nH]c1=O. The summed E-state index contributed by atoms with van der Waals surface area (Å²) in [5.41, 5.74) is 3.66. The lowest BCUT2D eigenvalue weighted by atomic mass is 10.2. The zero-order chi connectivity index (χ0) is 28.1. The van der Waals surface area contributed by atoms with Crippen molar-refractivity contribution < 1.29 is 42.0 Å². The molecule has 39 heavy (non-hydrogen) atoms. The van der Waals surface area contributed by atoms with E-state index in [0.717, 1.165) is 9.13 Å². The van der Waals surface area contributed by atoms with Gasteiger partial charge < -0.3 is 25.0 Å². The minimum Gasteiger partial charge on any atom is -0.383 e. The number of aromatic nitrogens is 4. The predicted molar refractivity (Wildman–Crippen MR) is 134 cm³/mol. The van der Waals surface area contributed by atoms with Crippen LogP contribution < -0.4 is 22.7 Å². The summed E-state index contributed by atoms with van der Waals surface area (Å²) in [5.74, 6) is -0.221. The molecule has 2 aromatic rings. The molecule has 0 saturated carbocycles. The second kappa shape index (κ2) is 10.7. The van der Waals surface area contributed by atoms with Crippen LogP contribution in [0, 0.1) is 6.92 Å². The fraction of sp³-hybridized carbons (Fsp3) is 0.579.